The van der Waals surface area contributed by atoms with Gasteiger partial charge in [0, 0.05) is 70.0 Å². The predicted octanol–water partition coefficient (Wildman–Crippen LogP) is 2.95. The Bertz CT molecular complexity index is 919. The van der Waals surface area contributed by atoms with Crippen molar-refractivity contribution in [2.75, 3.05) is 24.6 Å². The van der Waals surface area contributed by atoms with Gasteiger partial charge < -0.3 is 4.90 Å². The zero-order valence-electron chi connectivity index (χ0n) is 17.2. The summed E-state index contributed by atoms with van der Waals surface area (Å²) < 4.78 is 11.5. The Morgan fingerprint density at radius 1 is 0.966 bits per heavy atom. The Labute approximate surface area is 174 Å². The molecule has 1 amide bonds. The number of allylic oxidation sites excluding steroid dienone is 4. The second-order valence-electron chi connectivity index (χ2n) is 7.68. The number of hydrogen-bond donors (Lipinski definition) is 0. The summed E-state index contributed by atoms with van der Waals surface area (Å²) in [6.45, 7) is 6.13. The molecule has 1 aromatic carbocycles. The number of Topliss-reactive ketones (excluding diaryl/α,β-unsaturated/α-hetero) is 2. The van der Waals surface area contributed by atoms with Gasteiger partial charge in [0.1, 0.15) is 0 Å². The minimum atomic E-state index is -0.833. The molecule has 0 aromatic heterocycles. The van der Waals surface area contributed by atoms with Crippen LogP contribution in [-0.4, -0.2) is 51.2 Å². The fraction of sp³-hybridized carbons (Fsp3) is 0.435. The van der Waals surface area contributed by atoms with Crippen molar-refractivity contribution in [1.29, 1.82) is 0 Å². The molecule has 1 aliphatic carbocycles. The number of carbonyl (C=O) groups is 3. The molecule has 1 aromatic rings. The maximum atomic E-state index is 13.1. The van der Waals surface area contributed by atoms with Crippen LogP contribution in [0.5, 0.6) is 0 Å². The lowest BCUT2D eigenvalue weighted by Gasteiger charge is -2.29. The molecule has 6 heteroatoms. The summed E-state index contributed by atoms with van der Waals surface area (Å²) in [7, 11) is -0.833. The monoisotopic (exact) mass is 413 g/mol. The smallest absolute Gasteiger partial charge is 0.222 e. The van der Waals surface area contributed by atoms with E-state index in [2.05, 4.69) is 0 Å². The molecular formula is C23H27NO4S. The molecule has 3 rings (SSSR count). The number of nitrogens with zero attached hydrogens (tertiary/aromatic N) is 1. The standard InChI is InChI=1S/C23H27NO4S/c1-15-16(2)23(27)21(17(3)22(15)26)19(18-7-5-4-6-8-18)9-10-20(25)24-11-13-29(28)14-12-24/h4-8,19H,9-14H2,1-3H3. The number of rotatable bonds is 5. The summed E-state index contributed by atoms with van der Waals surface area (Å²) in [6, 6.07) is 9.60. The van der Waals surface area contributed by atoms with Gasteiger partial charge in [-0.05, 0) is 32.8 Å². The second-order valence-corrected chi connectivity index (χ2v) is 9.37. The Balaban J connectivity index is 1.87. The van der Waals surface area contributed by atoms with Gasteiger partial charge in [-0.15, -0.1) is 0 Å². The third-order valence-electron chi connectivity index (χ3n) is 5.96. The Morgan fingerprint density at radius 3 is 2.17 bits per heavy atom. The molecule has 0 spiro atoms. The van der Waals surface area contributed by atoms with Gasteiger partial charge in [-0.2, -0.15) is 0 Å². The third-order valence-corrected chi connectivity index (χ3v) is 7.24. The first-order valence-electron chi connectivity index (χ1n) is 9.96. The van der Waals surface area contributed by atoms with Gasteiger partial charge in [-0.25, -0.2) is 0 Å². The summed E-state index contributed by atoms with van der Waals surface area (Å²) in [5.41, 5.74) is 2.91. The lowest BCUT2D eigenvalue weighted by molar-refractivity contribution is -0.131. The maximum absolute atomic E-state index is 13.1. The number of benzene rings is 1. The van der Waals surface area contributed by atoms with Crippen molar-refractivity contribution in [3.8, 4) is 0 Å². The highest BCUT2D eigenvalue weighted by Crippen LogP contribution is 2.37. The van der Waals surface area contributed by atoms with E-state index >= 15 is 0 Å². The van der Waals surface area contributed by atoms with E-state index in [9.17, 15) is 18.6 Å². The average molecular weight is 414 g/mol. The fourth-order valence-electron chi connectivity index (χ4n) is 4.01. The van der Waals surface area contributed by atoms with E-state index in [-0.39, 0.29) is 29.8 Å². The van der Waals surface area contributed by atoms with Crippen LogP contribution >= 0.6 is 0 Å². The molecular weight excluding hydrogens is 386 g/mol. The van der Waals surface area contributed by atoms with Crippen LogP contribution in [0.4, 0.5) is 0 Å². The molecule has 154 valence electrons. The van der Waals surface area contributed by atoms with Crippen LogP contribution in [0, 0.1) is 0 Å². The van der Waals surface area contributed by atoms with Gasteiger partial charge in [0.25, 0.3) is 0 Å². The minimum Gasteiger partial charge on any atom is -0.341 e. The van der Waals surface area contributed by atoms with E-state index in [0.29, 0.717) is 53.3 Å². The van der Waals surface area contributed by atoms with Crippen molar-refractivity contribution in [3.05, 3.63) is 58.2 Å². The molecule has 1 heterocycles. The number of hydrogen-bond acceptors (Lipinski definition) is 4. The topological polar surface area (TPSA) is 71.5 Å². The summed E-state index contributed by atoms with van der Waals surface area (Å²) in [6.07, 6.45) is 0.743. The molecule has 1 saturated heterocycles. The maximum Gasteiger partial charge on any atom is 0.222 e. The van der Waals surface area contributed by atoms with Gasteiger partial charge in [0.15, 0.2) is 11.6 Å². The van der Waals surface area contributed by atoms with Crippen LogP contribution in [0.25, 0.3) is 0 Å². The zero-order valence-corrected chi connectivity index (χ0v) is 18.0. The summed E-state index contributed by atoms with van der Waals surface area (Å²) in [5.74, 6) is 0.553. The Morgan fingerprint density at radius 2 is 1.55 bits per heavy atom. The van der Waals surface area contributed by atoms with Crippen LogP contribution in [-0.2, 0) is 25.2 Å². The minimum absolute atomic E-state index is 0.0129. The predicted molar refractivity (Wildman–Crippen MR) is 114 cm³/mol. The first kappa shape index (κ1) is 21.4. The Kier molecular flexibility index (Phi) is 6.63. The summed E-state index contributed by atoms with van der Waals surface area (Å²) in [5, 5.41) is 0. The van der Waals surface area contributed by atoms with Crippen LogP contribution in [0.2, 0.25) is 0 Å². The molecule has 0 N–H and O–H groups in total. The SMILES string of the molecule is CC1=C(C)C(=O)C(C(CCC(=O)N2CCS(=O)CC2)c2ccccc2)=C(C)C1=O. The molecule has 0 radical (unpaired) electrons. The van der Waals surface area contributed by atoms with Crippen molar-refractivity contribution in [2.45, 2.75) is 39.5 Å². The van der Waals surface area contributed by atoms with Gasteiger partial charge in [-0.1, -0.05) is 30.3 Å². The molecule has 29 heavy (non-hydrogen) atoms. The first-order chi connectivity index (χ1) is 13.8. The summed E-state index contributed by atoms with van der Waals surface area (Å²) in [4.78, 5) is 40.2. The van der Waals surface area contributed by atoms with Crippen molar-refractivity contribution in [3.63, 3.8) is 0 Å². The normalized spacial score (nSPS) is 19.8. The van der Waals surface area contributed by atoms with Gasteiger partial charge in [0.2, 0.25) is 5.91 Å². The number of carbonyl (C=O) groups excluding carboxylic acids is 3. The van der Waals surface area contributed by atoms with Crippen LogP contribution in [0.1, 0.15) is 45.1 Å². The highest BCUT2D eigenvalue weighted by molar-refractivity contribution is 7.85. The molecule has 0 bridgehead atoms. The van der Waals surface area contributed by atoms with Crippen LogP contribution < -0.4 is 0 Å². The lowest BCUT2D eigenvalue weighted by atomic mass is 9.76. The molecule has 1 atom stereocenters. The van der Waals surface area contributed by atoms with Gasteiger partial charge >= 0.3 is 0 Å². The van der Waals surface area contributed by atoms with Crippen LogP contribution in [0.15, 0.2) is 52.6 Å². The second kappa shape index (κ2) is 8.99. The van der Waals surface area contributed by atoms with Crippen molar-refractivity contribution in [2.24, 2.45) is 0 Å². The quantitative estimate of drug-likeness (QED) is 0.696. The van der Waals surface area contributed by atoms with Crippen molar-refractivity contribution >= 4 is 28.3 Å². The van der Waals surface area contributed by atoms with Crippen LogP contribution in [0.3, 0.4) is 0 Å². The molecule has 1 unspecified atom stereocenters. The highest BCUT2D eigenvalue weighted by Gasteiger charge is 2.34. The van der Waals surface area contributed by atoms with Gasteiger partial charge in [0.05, 0.1) is 0 Å². The number of amides is 1. The van der Waals surface area contributed by atoms with E-state index in [4.69, 9.17) is 0 Å². The molecule has 1 aliphatic heterocycles. The number of ketones is 2. The molecule has 2 aliphatic rings. The van der Waals surface area contributed by atoms with E-state index < -0.39 is 10.8 Å². The molecule has 0 saturated carbocycles. The average Bonchev–Trinajstić information content (AvgIpc) is 2.74. The van der Waals surface area contributed by atoms with Gasteiger partial charge in [-0.3, -0.25) is 18.6 Å². The first-order valence-corrected chi connectivity index (χ1v) is 11.5. The van der Waals surface area contributed by atoms with E-state index in [1.54, 1.807) is 25.7 Å². The fourth-order valence-corrected chi connectivity index (χ4v) is 5.06. The largest absolute Gasteiger partial charge is 0.341 e. The summed E-state index contributed by atoms with van der Waals surface area (Å²) >= 11 is 0. The van der Waals surface area contributed by atoms with Crippen molar-refractivity contribution in [1.82, 2.24) is 4.90 Å². The molecule has 5 nitrogen and oxygen atoms in total. The third kappa shape index (κ3) is 4.47. The van der Waals surface area contributed by atoms with E-state index in [1.165, 1.54) is 0 Å². The Hall–Kier alpha value is -2.34. The highest BCUT2D eigenvalue weighted by atomic mass is 32.2. The van der Waals surface area contributed by atoms with E-state index in [1.807, 2.05) is 30.3 Å². The molecule has 1 fully saturated rings. The van der Waals surface area contributed by atoms with E-state index in [0.717, 1.165) is 5.56 Å². The zero-order chi connectivity index (χ0) is 21.1. The lowest BCUT2D eigenvalue weighted by Crippen LogP contribution is -2.41. The van der Waals surface area contributed by atoms with Crippen molar-refractivity contribution < 1.29 is 18.6 Å².